The fourth-order valence-corrected chi connectivity index (χ4v) is 2.11. The van der Waals surface area contributed by atoms with Crippen molar-refractivity contribution in [1.29, 1.82) is 0 Å². The van der Waals surface area contributed by atoms with Gasteiger partial charge in [0.1, 0.15) is 5.82 Å². The van der Waals surface area contributed by atoms with Gasteiger partial charge in [-0.3, -0.25) is 0 Å². The van der Waals surface area contributed by atoms with Crippen molar-refractivity contribution in [1.82, 2.24) is 5.32 Å². The van der Waals surface area contributed by atoms with Crippen LogP contribution < -0.4 is 10.6 Å². The monoisotopic (exact) mass is 302 g/mol. The van der Waals surface area contributed by atoms with Gasteiger partial charge in [0.05, 0.1) is 6.10 Å². The number of para-hydroxylation sites is 1. The first-order chi connectivity index (χ1) is 10.6. The minimum Gasteiger partial charge on any atom is -0.375 e. The number of methoxy groups -OCH3 is 1. The Morgan fingerprint density at radius 2 is 2.00 bits per heavy atom. The number of halogens is 1. The van der Waals surface area contributed by atoms with Crippen LogP contribution in [0.4, 0.5) is 14.9 Å². The van der Waals surface area contributed by atoms with Crippen molar-refractivity contribution in [2.75, 3.05) is 19.0 Å². The Balaban J connectivity index is 1.93. The molecule has 0 radical (unpaired) electrons. The summed E-state index contributed by atoms with van der Waals surface area (Å²) in [4.78, 5) is 11.9. The van der Waals surface area contributed by atoms with E-state index >= 15 is 0 Å². The molecule has 0 fully saturated rings. The number of hydrogen-bond acceptors (Lipinski definition) is 2. The molecule has 2 aromatic rings. The Hall–Kier alpha value is -2.40. The van der Waals surface area contributed by atoms with E-state index in [4.69, 9.17) is 4.74 Å². The van der Waals surface area contributed by atoms with Crippen LogP contribution in [0.25, 0.3) is 0 Å². The van der Waals surface area contributed by atoms with Crippen molar-refractivity contribution in [3.05, 3.63) is 65.5 Å². The third-order valence-electron chi connectivity index (χ3n) is 3.35. The number of benzene rings is 2. The Morgan fingerprint density at radius 3 is 2.68 bits per heavy atom. The third kappa shape index (κ3) is 4.30. The summed E-state index contributed by atoms with van der Waals surface area (Å²) in [6, 6.07) is 13.3. The molecule has 4 nitrogen and oxygen atoms in total. The van der Waals surface area contributed by atoms with Crippen molar-refractivity contribution in [3.63, 3.8) is 0 Å². The highest BCUT2D eigenvalue weighted by Gasteiger charge is 2.13. The van der Waals surface area contributed by atoms with E-state index in [0.717, 1.165) is 11.3 Å². The molecule has 2 amide bonds. The molecule has 2 aromatic carbocycles. The van der Waals surface area contributed by atoms with Gasteiger partial charge in [0, 0.05) is 19.3 Å². The SMILES string of the molecule is CO[C@H](CNC(=O)Nc1ccccc1C)c1cccc(F)c1. The van der Waals surface area contributed by atoms with Crippen LogP contribution in [-0.4, -0.2) is 19.7 Å². The highest BCUT2D eigenvalue weighted by molar-refractivity contribution is 5.90. The summed E-state index contributed by atoms with van der Waals surface area (Å²) in [7, 11) is 1.52. The fourth-order valence-electron chi connectivity index (χ4n) is 2.11. The van der Waals surface area contributed by atoms with Gasteiger partial charge in [-0.2, -0.15) is 0 Å². The predicted molar refractivity (Wildman–Crippen MR) is 84.4 cm³/mol. The Kier molecular flexibility index (Phi) is 5.49. The summed E-state index contributed by atoms with van der Waals surface area (Å²) in [5, 5.41) is 5.50. The zero-order valence-electron chi connectivity index (χ0n) is 12.6. The van der Waals surface area contributed by atoms with Gasteiger partial charge in [-0.1, -0.05) is 30.3 Å². The summed E-state index contributed by atoms with van der Waals surface area (Å²) >= 11 is 0. The van der Waals surface area contributed by atoms with Crippen LogP contribution in [0.5, 0.6) is 0 Å². The molecule has 0 aliphatic heterocycles. The lowest BCUT2D eigenvalue weighted by Gasteiger charge is -2.17. The number of amides is 2. The van der Waals surface area contributed by atoms with E-state index in [1.165, 1.54) is 19.2 Å². The maximum Gasteiger partial charge on any atom is 0.319 e. The molecule has 0 aliphatic carbocycles. The molecule has 2 N–H and O–H groups in total. The van der Waals surface area contributed by atoms with E-state index < -0.39 is 6.10 Å². The number of carbonyl (C=O) groups excluding carboxylic acids is 1. The molecule has 5 heteroatoms. The van der Waals surface area contributed by atoms with Crippen LogP contribution in [0, 0.1) is 12.7 Å². The number of urea groups is 1. The average molecular weight is 302 g/mol. The lowest BCUT2D eigenvalue weighted by Crippen LogP contribution is -2.33. The number of aryl methyl sites for hydroxylation is 1. The minimum atomic E-state index is -0.404. The summed E-state index contributed by atoms with van der Waals surface area (Å²) in [6.07, 6.45) is -0.404. The normalized spacial score (nSPS) is 11.8. The number of hydrogen-bond donors (Lipinski definition) is 2. The lowest BCUT2D eigenvalue weighted by atomic mass is 10.1. The van der Waals surface area contributed by atoms with E-state index in [2.05, 4.69) is 10.6 Å². The number of rotatable bonds is 5. The topological polar surface area (TPSA) is 50.4 Å². The van der Waals surface area contributed by atoms with Crippen molar-refractivity contribution < 1.29 is 13.9 Å². The van der Waals surface area contributed by atoms with Gasteiger partial charge in [0.2, 0.25) is 0 Å². The smallest absolute Gasteiger partial charge is 0.319 e. The van der Waals surface area contributed by atoms with Gasteiger partial charge in [0.15, 0.2) is 0 Å². The molecule has 0 heterocycles. The highest BCUT2D eigenvalue weighted by Crippen LogP contribution is 2.17. The van der Waals surface area contributed by atoms with E-state index in [1.807, 2.05) is 31.2 Å². The van der Waals surface area contributed by atoms with Crippen LogP contribution in [-0.2, 0) is 4.74 Å². The van der Waals surface area contributed by atoms with Crippen molar-refractivity contribution in [2.45, 2.75) is 13.0 Å². The Bertz CT molecular complexity index is 646. The Morgan fingerprint density at radius 1 is 1.23 bits per heavy atom. The zero-order valence-corrected chi connectivity index (χ0v) is 12.6. The van der Waals surface area contributed by atoms with Gasteiger partial charge < -0.3 is 15.4 Å². The fraction of sp³-hybridized carbons (Fsp3) is 0.235. The van der Waals surface area contributed by atoms with Crippen LogP contribution in [0.3, 0.4) is 0 Å². The second kappa shape index (κ2) is 7.56. The number of carbonyl (C=O) groups is 1. The van der Waals surface area contributed by atoms with E-state index in [1.54, 1.807) is 12.1 Å². The number of ether oxygens (including phenoxy) is 1. The summed E-state index contributed by atoms with van der Waals surface area (Å²) < 4.78 is 18.5. The molecule has 0 aliphatic rings. The predicted octanol–water partition coefficient (Wildman–Crippen LogP) is 3.64. The molecule has 0 bridgehead atoms. The molecule has 0 aromatic heterocycles. The van der Waals surface area contributed by atoms with Crippen LogP contribution in [0.1, 0.15) is 17.2 Å². The Labute approximate surface area is 129 Å². The average Bonchev–Trinajstić information content (AvgIpc) is 2.50. The van der Waals surface area contributed by atoms with E-state index in [-0.39, 0.29) is 18.4 Å². The van der Waals surface area contributed by atoms with Crippen molar-refractivity contribution in [3.8, 4) is 0 Å². The molecule has 0 saturated heterocycles. The highest BCUT2D eigenvalue weighted by atomic mass is 19.1. The van der Waals surface area contributed by atoms with Crippen molar-refractivity contribution >= 4 is 11.7 Å². The lowest BCUT2D eigenvalue weighted by molar-refractivity contribution is 0.104. The first kappa shape index (κ1) is 16.0. The molecule has 2 rings (SSSR count). The van der Waals surface area contributed by atoms with Gasteiger partial charge in [0.25, 0.3) is 0 Å². The van der Waals surface area contributed by atoms with Crippen LogP contribution in [0.2, 0.25) is 0 Å². The first-order valence-electron chi connectivity index (χ1n) is 6.99. The molecule has 0 spiro atoms. The molecular weight excluding hydrogens is 283 g/mol. The van der Waals surface area contributed by atoms with Gasteiger partial charge in [-0.15, -0.1) is 0 Å². The van der Waals surface area contributed by atoms with Gasteiger partial charge in [-0.25, -0.2) is 9.18 Å². The second-order valence-corrected chi connectivity index (χ2v) is 4.93. The maximum absolute atomic E-state index is 13.2. The summed E-state index contributed by atoms with van der Waals surface area (Å²) in [5.74, 6) is -0.330. The molecule has 0 unspecified atom stereocenters. The zero-order chi connectivity index (χ0) is 15.9. The molecule has 0 saturated carbocycles. The standard InChI is InChI=1S/C17H19FN2O2/c1-12-6-3-4-9-15(12)20-17(21)19-11-16(22-2)13-7-5-8-14(18)10-13/h3-10,16H,11H2,1-2H3,(H2,19,20,21)/t16-/m1/s1. The largest absolute Gasteiger partial charge is 0.375 e. The minimum absolute atomic E-state index is 0.248. The van der Waals surface area contributed by atoms with E-state index in [9.17, 15) is 9.18 Å². The molecule has 116 valence electrons. The van der Waals surface area contributed by atoms with E-state index in [0.29, 0.717) is 5.56 Å². The quantitative estimate of drug-likeness (QED) is 0.886. The van der Waals surface area contributed by atoms with Gasteiger partial charge >= 0.3 is 6.03 Å². The summed E-state index contributed by atoms with van der Waals surface area (Å²) in [5.41, 5.74) is 2.41. The third-order valence-corrected chi connectivity index (χ3v) is 3.35. The molecular formula is C17H19FN2O2. The van der Waals surface area contributed by atoms with Crippen molar-refractivity contribution in [2.24, 2.45) is 0 Å². The molecule has 22 heavy (non-hydrogen) atoms. The maximum atomic E-state index is 13.2. The second-order valence-electron chi connectivity index (χ2n) is 4.93. The van der Waals surface area contributed by atoms with Crippen LogP contribution >= 0.6 is 0 Å². The number of nitrogens with one attached hydrogen (secondary N) is 2. The van der Waals surface area contributed by atoms with Crippen LogP contribution in [0.15, 0.2) is 48.5 Å². The molecule has 1 atom stereocenters. The van der Waals surface area contributed by atoms with Gasteiger partial charge in [-0.05, 0) is 36.2 Å². The first-order valence-corrected chi connectivity index (χ1v) is 6.99. The number of anilines is 1. The summed E-state index contributed by atoms with van der Waals surface area (Å²) in [6.45, 7) is 2.16.